The summed E-state index contributed by atoms with van der Waals surface area (Å²) in [5, 5.41) is 4.22. The SMILES string of the molecule is O=C(CN1CCOC(c2ccc(Cl)c(Cl)c2)C1)NC1CCC2(CC1)OCCO2. The molecule has 2 heterocycles. The van der Waals surface area contributed by atoms with Gasteiger partial charge in [0.2, 0.25) is 5.91 Å². The first kappa shape index (κ1) is 20.4. The fourth-order valence-corrected chi connectivity index (χ4v) is 4.53. The number of ether oxygens (including phenoxy) is 3. The Kier molecular flexibility index (Phi) is 6.45. The van der Waals surface area contributed by atoms with Gasteiger partial charge in [-0.25, -0.2) is 0 Å². The normalized spacial score (nSPS) is 25.9. The van der Waals surface area contributed by atoms with Gasteiger partial charge >= 0.3 is 0 Å². The van der Waals surface area contributed by atoms with Crippen molar-refractivity contribution in [2.75, 3.05) is 39.5 Å². The zero-order valence-corrected chi connectivity index (χ0v) is 17.3. The van der Waals surface area contributed by atoms with Gasteiger partial charge in [-0.1, -0.05) is 29.3 Å². The molecule has 28 heavy (non-hydrogen) atoms. The molecule has 1 saturated carbocycles. The maximum atomic E-state index is 12.5. The molecule has 8 heteroatoms. The van der Waals surface area contributed by atoms with Crippen LogP contribution in [0, 0.1) is 0 Å². The molecule has 154 valence electrons. The van der Waals surface area contributed by atoms with E-state index >= 15 is 0 Å². The van der Waals surface area contributed by atoms with Crippen molar-refractivity contribution in [2.24, 2.45) is 0 Å². The van der Waals surface area contributed by atoms with E-state index in [1.165, 1.54) is 0 Å². The summed E-state index contributed by atoms with van der Waals surface area (Å²) in [5.74, 6) is -0.331. The van der Waals surface area contributed by atoms with Gasteiger partial charge in [0, 0.05) is 32.0 Å². The minimum Gasteiger partial charge on any atom is -0.371 e. The van der Waals surface area contributed by atoms with E-state index in [0.29, 0.717) is 43.0 Å². The summed E-state index contributed by atoms with van der Waals surface area (Å²) < 4.78 is 17.4. The molecule has 1 aromatic rings. The van der Waals surface area contributed by atoms with Gasteiger partial charge in [0.25, 0.3) is 0 Å². The quantitative estimate of drug-likeness (QED) is 0.797. The van der Waals surface area contributed by atoms with Crippen molar-refractivity contribution >= 4 is 29.1 Å². The van der Waals surface area contributed by atoms with E-state index in [9.17, 15) is 4.79 Å². The number of morpholine rings is 1. The Morgan fingerprint density at radius 2 is 1.89 bits per heavy atom. The molecule has 2 saturated heterocycles. The number of rotatable bonds is 4. The van der Waals surface area contributed by atoms with E-state index in [2.05, 4.69) is 10.2 Å². The molecule has 2 aliphatic heterocycles. The van der Waals surface area contributed by atoms with Crippen LogP contribution in [-0.4, -0.2) is 62.1 Å². The van der Waals surface area contributed by atoms with Gasteiger partial charge in [-0.05, 0) is 30.5 Å². The summed E-state index contributed by atoms with van der Waals surface area (Å²) >= 11 is 12.1. The first-order chi connectivity index (χ1) is 13.5. The van der Waals surface area contributed by atoms with Crippen LogP contribution < -0.4 is 5.32 Å². The second kappa shape index (κ2) is 8.86. The highest BCUT2D eigenvalue weighted by Gasteiger charge is 2.40. The molecule has 0 radical (unpaired) electrons. The third-order valence-corrected chi connectivity index (χ3v) is 6.50. The number of carbonyl (C=O) groups excluding carboxylic acids is 1. The fraction of sp³-hybridized carbons (Fsp3) is 0.650. The van der Waals surface area contributed by atoms with Crippen LogP contribution >= 0.6 is 23.2 Å². The van der Waals surface area contributed by atoms with Crippen molar-refractivity contribution in [2.45, 2.75) is 43.6 Å². The summed E-state index contributed by atoms with van der Waals surface area (Å²) in [6.45, 7) is 3.69. The molecule has 4 rings (SSSR count). The Balaban J connectivity index is 1.25. The zero-order chi connectivity index (χ0) is 19.6. The molecule has 1 N–H and O–H groups in total. The van der Waals surface area contributed by atoms with E-state index in [4.69, 9.17) is 37.4 Å². The predicted octanol–water partition coefficient (Wildman–Crippen LogP) is 3.17. The van der Waals surface area contributed by atoms with Crippen molar-refractivity contribution in [3.63, 3.8) is 0 Å². The van der Waals surface area contributed by atoms with Crippen LogP contribution in [0.1, 0.15) is 37.4 Å². The van der Waals surface area contributed by atoms with Crippen molar-refractivity contribution in [3.8, 4) is 0 Å². The first-order valence-electron chi connectivity index (χ1n) is 9.89. The van der Waals surface area contributed by atoms with Crippen molar-refractivity contribution < 1.29 is 19.0 Å². The Bertz CT molecular complexity index is 701. The lowest BCUT2D eigenvalue weighted by Crippen LogP contribution is -2.48. The van der Waals surface area contributed by atoms with E-state index < -0.39 is 5.79 Å². The first-order valence-corrected chi connectivity index (χ1v) is 10.6. The highest BCUT2D eigenvalue weighted by atomic mass is 35.5. The molecule has 1 aliphatic carbocycles. The Morgan fingerprint density at radius 1 is 1.14 bits per heavy atom. The second-order valence-electron chi connectivity index (χ2n) is 7.72. The lowest BCUT2D eigenvalue weighted by atomic mass is 9.90. The highest BCUT2D eigenvalue weighted by molar-refractivity contribution is 6.42. The molecule has 3 aliphatic rings. The number of carbonyl (C=O) groups is 1. The van der Waals surface area contributed by atoms with Crippen molar-refractivity contribution in [3.05, 3.63) is 33.8 Å². The standard InChI is InChI=1S/C20H26Cl2N2O4/c21-16-2-1-14(11-17(16)22)18-12-24(7-8-26-18)13-19(25)23-15-3-5-20(6-4-15)27-9-10-28-20/h1-2,11,15,18H,3-10,12-13H2,(H,23,25). The summed E-state index contributed by atoms with van der Waals surface area (Å²) in [7, 11) is 0. The Hall–Kier alpha value is -0.890. The molecular formula is C20H26Cl2N2O4. The average Bonchev–Trinajstić information content (AvgIpc) is 3.14. The van der Waals surface area contributed by atoms with E-state index in [-0.39, 0.29) is 18.1 Å². The van der Waals surface area contributed by atoms with Gasteiger partial charge in [0.05, 0.1) is 42.5 Å². The predicted molar refractivity (Wildman–Crippen MR) is 107 cm³/mol. The number of halogens is 2. The smallest absolute Gasteiger partial charge is 0.234 e. The molecular weight excluding hydrogens is 403 g/mol. The molecule has 1 atom stereocenters. The fourth-order valence-electron chi connectivity index (χ4n) is 4.22. The summed E-state index contributed by atoms with van der Waals surface area (Å²) in [5.41, 5.74) is 0.980. The van der Waals surface area contributed by atoms with Gasteiger partial charge in [-0.15, -0.1) is 0 Å². The van der Waals surface area contributed by atoms with Crippen molar-refractivity contribution in [1.82, 2.24) is 10.2 Å². The minimum absolute atomic E-state index is 0.0593. The van der Waals surface area contributed by atoms with Gasteiger partial charge in [-0.2, -0.15) is 0 Å². The molecule has 1 aromatic carbocycles. The number of nitrogens with zero attached hydrogens (tertiary/aromatic N) is 1. The zero-order valence-electron chi connectivity index (χ0n) is 15.8. The maximum Gasteiger partial charge on any atom is 0.234 e. The second-order valence-corrected chi connectivity index (χ2v) is 8.53. The number of amides is 1. The highest BCUT2D eigenvalue weighted by Crippen LogP contribution is 2.35. The molecule has 0 bridgehead atoms. The number of hydrogen-bond acceptors (Lipinski definition) is 5. The average molecular weight is 429 g/mol. The minimum atomic E-state index is -0.390. The summed E-state index contributed by atoms with van der Waals surface area (Å²) in [6.07, 6.45) is 3.35. The van der Waals surface area contributed by atoms with Crippen LogP contribution in [0.5, 0.6) is 0 Å². The van der Waals surface area contributed by atoms with Crippen LogP contribution in [0.4, 0.5) is 0 Å². The molecule has 1 unspecified atom stereocenters. The maximum absolute atomic E-state index is 12.5. The monoisotopic (exact) mass is 428 g/mol. The Morgan fingerprint density at radius 3 is 2.61 bits per heavy atom. The Labute approximate surface area is 175 Å². The molecule has 3 fully saturated rings. The van der Waals surface area contributed by atoms with E-state index in [1.807, 2.05) is 12.1 Å². The van der Waals surface area contributed by atoms with Crippen LogP contribution in [0.3, 0.4) is 0 Å². The third kappa shape index (κ3) is 4.81. The number of nitrogens with one attached hydrogen (secondary N) is 1. The largest absolute Gasteiger partial charge is 0.371 e. The van der Waals surface area contributed by atoms with Crippen molar-refractivity contribution in [1.29, 1.82) is 0 Å². The number of benzene rings is 1. The van der Waals surface area contributed by atoms with Gasteiger partial charge < -0.3 is 19.5 Å². The van der Waals surface area contributed by atoms with Gasteiger partial charge in [0.1, 0.15) is 0 Å². The topological polar surface area (TPSA) is 60.0 Å². The van der Waals surface area contributed by atoms with Crippen LogP contribution in [0.15, 0.2) is 18.2 Å². The van der Waals surface area contributed by atoms with E-state index in [0.717, 1.165) is 37.8 Å². The number of hydrogen-bond donors (Lipinski definition) is 1. The summed E-state index contributed by atoms with van der Waals surface area (Å²) in [6, 6.07) is 5.73. The van der Waals surface area contributed by atoms with Crippen LogP contribution in [0.2, 0.25) is 10.0 Å². The van der Waals surface area contributed by atoms with Crippen LogP contribution in [-0.2, 0) is 19.0 Å². The van der Waals surface area contributed by atoms with Gasteiger partial charge in [-0.3, -0.25) is 9.69 Å². The molecule has 6 nitrogen and oxygen atoms in total. The van der Waals surface area contributed by atoms with Gasteiger partial charge in [0.15, 0.2) is 5.79 Å². The molecule has 1 amide bonds. The lowest BCUT2D eigenvalue weighted by molar-refractivity contribution is -0.180. The van der Waals surface area contributed by atoms with Crippen LogP contribution in [0.25, 0.3) is 0 Å². The lowest BCUT2D eigenvalue weighted by Gasteiger charge is -2.36. The summed E-state index contributed by atoms with van der Waals surface area (Å²) in [4.78, 5) is 14.7. The third-order valence-electron chi connectivity index (χ3n) is 5.76. The van der Waals surface area contributed by atoms with E-state index in [1.54, 1.807) is 6.07 Å². The molecule has 1 spiro atoms. The molecule has 0 aromatic heterocycles.